The largest absolute Gasteiger partial charge is 0.395 e. The summed E-state index contributed by atoms with van der Waals surface area (Å²) in [4.78, 5) is 16.7. The van der Waals surface area contributed by atoms with Crippen molar-refractivity contribution in [1.29, 1.82) is 0 Å². The van der Waals surface area contributed by atoms with Gasteiger partial charge in [0.1, 0.15) is 0 Å². The minimum atomic E-state index is -0.0347. The van der Waals surface area contributed by atoms with Crippen molar-refractivity contribution in [3.8, 4) is 0 Å². The zero-order chi connectivity index (χ0) is 16.3. The number of aliphatic hydroxyl groups excluding tert-OH is 1. The number of amides is 2. The summed E-state index contributed by atoms with van der Waals surface area (Å²) < 4.78 is 0. The second-order valence-electron chi connectivity index (χ2n) is 7.97. The van der Waals surface area contributed by atoms with Gasteiger partial charge >= 0.3 is 6.03 Å². The smallest absolute Gasteiger partial charge is 0.317 e. The van der Waals surface area contributed by atoms with Crippen LogP contribution < -0.4 is 5.32 Å². The number of carbonyl (C=O) groups is 1. The molecule has 2 atom stereocenters. The molecule has 1 saturated carbocycles. The van der Waals surface area contributed by atoms with Crippen molar-refractivity contribution in [2.24, 2.45) is 11.8 Å². The minimum absolute atomic E-state index is 0.0252. The van der Waals surface area contributed by atoms with Gasteiger partial charge in [0.05, 0.1) is 6.61 Å². The van der Waals surface area contributed by atoms with E-state index in [1.54, 1.807) is 4.90 Å². The fraction of sp³-hybridized carbons (Fsp3) is 0.941. The van der Waals surface area contributed by atoms with Crippen LogP contribution in [0.15, 0.2) is 0 Å². The molecule has 1 aliphatic heterocycles. The average molecular weight is 311 g/mol. The molecule has 0 spiro atoms. The molecule has 5 nitrogen and oxygen atoms in total. The molecule has 0 aromatic heterocycles. The standard InChI is InChI=1S/C17H33N3O2/c1-13-9-14(2)11-19(10-13)17(3,4)12-18-16(22)20(7-8-21)15-5-6-15/h13-15,21H,5-12H2,1-4H3,(H,18,22). The molecular weight excluding hydrogens is 278 g/mol. The number of rotatable bonds is 6. The normalized spacial score (nSPS) is 26.8. The minimum Gasteiger partial charge on any atom is -0.395 e. The zero-order valence-electron chi connectivity index (χ0n) is 14.6. The number of hydrogen-bond acceptors (Lipinski definition) is 3. The molecule has 2 unspecified atom stereocenters. The van der Waals surface area contributed by atoms with E-state index >= 15 is 0 Å². The Morgan fingerprint density at radius 2 is 1.86 bits per heavy atom. The number of urea groups is 1. The summed E-state index contributed by atoms with van der Waals surface area (Å²) in [6.07, 6.45) is 3.43. The second kappa shape index (κ2) is 7.18. The number of carbonyl (C=O) groups excluding carboxylic acids is 1. The molecule has 1 heterocycles. The Hall–Kier alpha value is -0.810. The van der Waals surface area contributed by atoms with Crippen molar-refractivity contribution in [2.45, 2.75) is 58.5 Å². The van der Waals surface area contributed by atoms with Crippen LogP contribution >= 0.6 is 0 Å². The third kappa shape index (κ3) is 4.59. The van der Waals surface area contributed by atoms with E-state index in [9.17, 15) is 4.79 Å². The number of likely N-dealkylation sites (tertiary alicyclic amines) is 1. The SMILES string of the molecule is CC1CC(C)CN(C(C)(C)CNC(=O)N(CCO)C2CC2)C1. The number of piperidine rings is 1. The lowest BCUT2D eigenvalue weighted by Crippen LogP contribution is -2.57. The predicted molar refractivity (Wildman–Crippen MR) is 88.8 cm³/mol. The summed E-state index contributed by atoms with van der Waals surface area (Å²) >= 11 is 0. The summed E-state index contributed by atoms with van der Waals surface area (Å²) in [6, 6.07) is 0.313. The van der Waals surface area contributed by atoms with Crippen molar-refractivity contribution in [2.75, 3.05) is 32.8 Å². The monoisotopic (exact) mass is 311 g/mol. The fourth-order valence-corrected chi connectivity index (χ4v) is 3.61. The predicted octanol–water partition coefficient (Wildman–Crippen LogP) is 1.91. The van der Waals surface area contributed by atoms with Crippen LogP contribution in [0.25, 0.3) is 0 Å². The van der Waals surface area contributed by atoms with Crippen LogP contribution in [0.2, 0.25) is 0 Å². The first-order chi connectivity index (χ1) is 10.3. The first-order valence-corrected chi connectivity index (χ1v) is 8.74. The van der Waals surface area contributed by atoms with E-state index in [-0.39, 0.29) is 18.2 Å². The van der Waals surface area contributed by atoms with E-state index < -0.39 is 0 Å². The van der Waals surface area contributed by atoms with Crippen LogP contribution in [0, 0.1) is 11.8 Å². The molecule has 2 rings (SSSR count). The number of hydrogen-bond donors (Lipinski definition) is 2. The molecule has 2 fully saturated rings. The van der Waals surface area contributed by atoms with E-state index in [2.05, 4.69) is 37.9 Å². The number of nitrogens with zero attached hydrogens (tertiary/aromatic N) is 2. The van der Waals surface area contributed by atoms with Crippen molar-refractivity contribution in [3.63, 3.8) is 0 Å². The second-order valence-corrected chi connectivity index (χ2v) is 7.97. The first kappa shape index (κ1) is 17.5. The highest BCUT2D eigenvalue weighted by Crippen LogP contribution is 2.28. The molecular formula is C17H33N3O2. The molecule has 0 bridgehead atoms. The van der Waals surface area contributed by atoms with Crippen LogP contribution in [0.5, 0.6) is 0 Å². The zero-order valence-corrected chi connectivity index (χ0v) is 14.6. The van der Waals surface area contributed by atoms with Crippen molar-refractivity contribution >= 4 is 6.03 Å². The van der Waals surface area contributed by atoms with Crippen LogP contribution in [-0.4, -0.2) is 65.3 Å². The molecule has 5 heteroatoms. The Kier molecular flexibility index (Phi) is 5.72. The van der Waals surface area contributed by atoms with Gasteiger partial charge in [-0.3, -0.25) is 4.90 Å². The number of aliphatic hydroxyl groups is 1. The summed E-state index contributed by atoms with van der Waals surface area (Å²) in [7, 11) is 0. The van der Waals surface area contributed by atoms with Gasteiger partial charge < -0.3 is 15.3 Å². The van der Waals surface area contributed by atoms with Crippen molar-refractivity contribution in [3.05, 3.63) is 0 Å². The molecule has 2 N–H and O–H groups in total. The maximum atomic E-state index is 12.4. The maximum Gasteiger partial charge on any atom is 0.317 e. The van der Waals surface area contributed by atoms with Gasteiger partial charge in [0.15, 0.2) is 0 Å². The quantitative estimate of drug-likeness (QED) is 0.788. The fourth-order valence-electron chi connectivity index (χ4n) is 3.61. The Labute approximate surface area is 135 Å². The van der Waals surface area contributed by atoms with Crippen molar-refractivity contribution < 1.29 is 9.90 Å². The van der Waals surface area contributed by atoms with Crippen molar-refractivity contribution in [1.82, 2.24) is 15.1 Å². The maximum absolute atomic E-state index is 12.4. The summed E-state index contributed by atoms with van der Waals surface area (Å²) in [5.74, 6) is 1.44. The van der Waals surface area contributed by atoms with Gasteiger partial charge in [-0.05, 0) is 44.9 Å². The Morgan fingerprint density at radius 3 is 2.36 bits per heavy atom. The summed E-state index contributed by atoms with van der Waals surface area (Å²) in [6.45, 7) is 12.4. The average Bonchev–Trinajstić information content (AvgIpc) is 3.25. The van der Waals surface area contributed by atoms with Gasteiger partial charge in [0.25, 0.3) is 0 Å². The lowest BCUT2D eigenvalue weighted by atomic mass is 9.88. The van der Waals surface area contributed by atoms with Crippen LogP contribution in [0.3, 0.4) is 0 Å². The highest BCUT2D eigenvalue weighted by Gasteiger charge is 2.35. The molecule has 22 heavy (non-hydrogen) atoms. The summed E-state index contributed by atoms with van der Waals surface area (Å²) in [5.41, 5.74) is -0.0347. The molecule has 128 valence electrons. The van der Waals surface area contributed by atoms with Crippen LogP contribution in [0.4, 0.5) is 4.79 Å². The third-order valence-corrected chi connectivity index (χ3v) is 4.99. The molecule has 0 radical (unpaired) electrons. The lowest BCUT2D eigenvalue weighted by molar-refractivity contribution is 0.0461. The van der Waals surface area contributed by atoms with E-state index in [1.165, 1.54) is 6.42 Å². The van der Waals surface area contributed by atoms with Crippen LogP contribution in [-0.2, 0) is 0 Å². The van der Waals surface area contributed by atoms with E-state index in [4.69, 9.17) is 5.11 Å². The first-order valence-electron chi connectivity index (χ1n) is 8.74. The summed E-state index contributed by atoms with van der Waals surface area (Å²) in [5, 5.41) is 12.2. The highest BCUT2D eigenvalue weighted by atomic mass is 16.3. The topological polar surface area (TPSA) is 55.8 Å². The van der Waals surface area contributed by atoms with Gasteiger partial charge in [0.2, 0.25) is 0 Å². The van der Waals surface area contributed by atoms with Gasteiger partial charge in [-0.25, -0.2) is 4.79 Å². The van der Waals surface area contributed by atoms with Gasteiger partial charge in [0, 0.05) is 37.8 Å². The highest BCUT2D eigenvalue weighted by molar-refractivity contribution is 5.75. The molecule has 2 aliphatic rings. The number of nitrogens with one attached hydrogen (secondary N) is 1. The van der Waals surface area contributed by atoms with Gasteiger partial charge in [-0.1, -0.05) is 13.8 Å². The molecule has 1 saturated heterocycles. The van der Waals surface area contributed by atoms with Crippen LogP contribution in [0.1, 0.15) is 47.0 Å². The molecule has 2 amide bonds. The van der Waals surface area contributed by atoms with E-state index in [0.29, 0.717) is 19.1 Å². The lowest BCUT2D eigenvalue weighted by Gasteiger charge is -2.45. The Balaban J connectivity index is 1.86. The van der Waals surface area contributed by atoms with Gasteiger partial charge in [-0.15, -0.1) is 0 Å². The third-order valence-electron chi connectivity index (χ3n) is 4.99. The van der Waals surface area contributed by atoms with E-state index in [0.717, 1.165) is 37.8 Å². The molecule has 0 aromatic rings. The Bertz CT molecular complexity index is 372. The van der Waals surface area contributed by atoms with Gasteiger partial charge in [-0.2, -0.15) is 0 Å². The Morgan fingerprint density at radius 1 is 1.27 bits per heavy atom. The molecule has 0 aromatic carbocycles. The molecule has 1 aliphatic carbocycles. The van der Waals surface area contributed by atoms with E-state index in [1.807, 2.05) is 0 Å².